The van der Waals surface area contributed by atoms with E-state index in [9.17, 15) is 0 Å². The highest BCUT2D eigenvalue weighted by molar-refractivity contribution is 7.80. The van der Waals surface area contributed by atoms with Gasteiger partial charge in [0.25, 0.3) is 0 Å². The number of anilines is 1. The highest BCUT2D eigenvalue weighted by Crippen LogP contribution is 2.29. The van der Waals surface area contributed by atoms with Crippen molar-refractivity contribution in [2.24, 2.45) is 0 Å². The predicted octanol–water partition coefficient (Wildman–Crippen LogP) is 6.30. The maximum atomic E-state index is 6.37. The second-order valence-corrected chi connectivity index (χ2v) is 7.47. The molecule has 0 saturated carbocycles. The minimum absolute atomic E-state index is 0.430. The average Bonchev–Trinajstić information content (AvgIpc) is 3.18. The molecule has 0 bridgehead atoms. The van der Waals surface area contributed by atoms with Crippen LogP contribution in [0.5, 0.6) is 5.75 Å². The standard InChI is InChI=1S/C21H20Cl2N2O2S/c1-14-8-9-19(20(11-14)26-2)24-21(28)25(12-15-5-4-10-27-15)13-16-17(22)6-3-7-18(16)23/h3-11H,12-13H2,1-2H3,(H,24,28). The van der Waals surface area contributed by atoms with Gasteiger partial charge in [-0.15, -0.1) is 0 Å². The van der Waals surface area contributed by atoms with Gasteiger partial charge in [-0.2, -0.15) is 0 Å². The number of nitrogens with one attached hydrogen (secondary N) is 1. The van der Waals surface area contributed by atoms with Crippen molar-refractivity contribution in [1.82, 2.24) is 4.90 Å². The first kappa shape index (κ1) is 20.5. The van der Waals surface area contributed by atoms with Crippen LogP contribution in [-0.4, -0.2) is 17.1 Å². The maximum Gasteiger partial charge on any atom is 0.174 e. The lowest BCUT2D eigenvalue weighted by Crippen LogP contribution is -2.34. The Labute approximate surface area is 180 Å². The van der Waals surface area contributed by atoms with E-state index in [2.05, 4.69) is 5.32 Å². The second kappa shape index (κ2) is 9.32. The van der Waals surface area contributed by atoms with Gasteiger partial charge in [0.1, 0.15) is 11.5 Å². The molecule has 0 aliphatic rings. The third-order valence-electron chi connectivity index (χ3n) is 4.22. The van der Waals surface area contributed by atoms with Crippen molar-refractivity contribution in [3.05, 3.63) is 81.7 Å². The van der Waals surface area contributed by atoms with Crippen molar-refractivity contribution in [3.8, 4) is 5.75 Å². The molecule has 0 saturated heterocycles. The van der Waals surface area contributed by atoms with Gasteiger partial charge in [0, 0.05) is 22.2 Å². The van der Waals surface area contributed by atoms with Gasteiger partial charge in [-0.25, -0.2) is 0 Å². The smallest absolute Gasteiger partial charge is 0.174 e. The summed E-state index contributed by atoms with van der Waals surface area (Å²) in [6.45, 7) is 2.90. The van der Waals surface area contributed by atoms with E-state index in [1.165, 1.54) is 0 Å². The summed E-state index contributed by atoms with van der Waals surface area (Å²) < 4.78 is 11.0. The number of hydrogen-bond acceptors (Lipinski definition) is 3. The van der Waals surface area contributed by atoms with E-state index in [1.54, 1.807) is 13.4 Å². The number of nitrogens with zero attached hydrogens (tertiary/aromatic N) is 1. The quantitative estimate of drug-likeness (QED) is 0.460. The zero-order valence-corrected chi connectivity index (χ0v) is 17.9. The lowest BCUT2D eigenvalue weighted by atomic mass is 10.2. The first-order valence-corrected chi connectivity index (χ1v) is 9.80. The molecule has 28 heavy (non-hydrogen) atoms. The third-order valence-corrected chi connectivity index (χ3v) is 5.29. The Kier molecular flexibility index (Phi) is 6.83. The lowest BCUT2D eigenvalue weighted by Gasteiger charge is -2.26. The molecule has 0 radical (unpaired) electrons. The number of rotatable bonds is 6. The van der Waals surface area contributed by atoms with Crippen LogP contribution in [0.3, 0.4) is 0 Å². The number of methoxy groups -OCH3 is 1. The van der Waals surface area contributed by atoms with E-state index in [-0.39, 0.29) is 0 Å². The van der Waals surface area contributed by atoms with Gasteiger partial charge >= 0.3 is 0 Å². The molecule has 2 aromatic carbocycles. The van der Waals surface area contributed by atoms with Gasteiger partial charge in [-0.1, -0.05) is 35.3 Å². The van der Waals surface area contributed by atoms with Gasteiger partial charge < -0.3 is 19.4 Å². The number of benzene rings is 2. The van der Waals surface area contributed by atoms with Gasteiger partial charge in [0.2, 0.25) is 0 Å². The summed E-state index contributed by atoms with van der Waals surface area (Å²) in [5.41, 5.74) is 2.69. The number of ether oxygens (including phenoxy) is 1. The number of furan rings is 1. The van der Waals surface area contributed by atoms with Crippen molar-refractivity contribution < 1.29 is 9.15 Å². The minimum Gasteiger partial charge on any atom is -0.495 e. The number of hydrogen-bond donors (Lipinski definition) is 1. The van der Waals surface area contributed by atoms with Crippen molar-refractivity contribution in [3.63, 3.8) is 0 Å². The van der Waals surface area contributed by atoms with Crippen LogP contribution in [0.1, 0.15) is 16.9 Å². The topological polar surface area (TPSA) is 37.6 Å². The van der Waals surface area contributed by atoms with Crippen molar-refractivity contribution in [2.45, 2.75) is 20.0 Å². The molecule has 1 aromatic heterocycles. The van der Waals surface area contributed by atoms with Crippen LogP contribution < -0.4 is 10.1 Å². The summed E-state index contributed by atoms with van der Waals surface area (Å²) >= 11 is 18.4. The molecular weight excluding hydrogens is 415 g/mol. The number of aryl methyl sites for hydroxylation is 1. The summed E-state index contributed by atoms with van der Waals surface area (Å²) in [5, 5.41) is 4.95. The fourth-order valence-corrected chi connectivity index (χ4v) is 3.52. The number of thiocarbonyl (C=S) groups is 1. The lowest BCUT2D eigenvalue weighted by molar-refractivity contribution is 0.360. The molecule has 4 nitrogen and oxygen atoms in total. The highest BCUT2D eigenvalue weighted by Gasteiger charge is 2.17. The summed E-state index contributed by atoms with van der Waals surface area (Å²) in [6.07, 6.45) is 1.63. The highest BCUT2D eigenvalue weighted by atomic mass is 35.5. The Morgan fingerprint density at radius 2 is 1.86 bits per heavy atom. The van der Waals surface area contributed by atoms with Crippen LogP contribution in [0.4, 0.5) is 5.69 Å². The van der Waals surface area contributed by atoms with Crippen LogP contribution in [0.15, 0.2) is 59.2 Å². The van der Waals surface area contributed by atoms with Gasteiger partial charge in [-0.05, 0) is 61.1 Å². The Balaban J connectivity index is 1.87. The predicted molar refractivity (Wildman–Crippen MR) is 118 cm³/mol. The van der Waals surface area contributed by atoms with Gasteiger partial charge in [0.05, 0.1) is 25.6 Å². The first-order chi connectivity index (χ1) is 13.5. The Morgan fingerprint density at radius 3 is 2.50 bits per heavy atom. The van der Waals surface area contributed by atoms with Crippen LogP contribution in [-0.2, 0) is 13.1 Å². The number of halogens is 2. The molecule has 1 N–H and O–H groups in total. The zero-order chi connectivity index (χ0) is 20.1. The van der Waals surface area contributed by atoms with Crippen LogP contribution >= 0.6 is 35.4 Å². The van der Waals surface area contributed by atoms with E-state index in [0.29, 0.717) is 28.2 Å². The van der Waals surface area contributed by atoms with Gasteiger partial charge in [0.15, 0.2) is 5.11 Å². The van der Waals surface area contributed by atoms with Crippen molar-refractivity contribution in [2.75, 3.05) is 12.4 Å². The van der Waals surface area contributed by atoms with E-state index in [1.807, 2.05) is 60.4 Å². The zero-order valence-electron chi connectivity index (χ0n) is 15.5. The van der Waals surface area contributed by atoms with Crippen molar-refractivity contribution >= 4 is 46.2 Å². The molecule has 0 aliphatic heterocycles. The van der Waals surface area contributed by atoms with E-state index in [0.717, 1.165) is 28.3 Å². The molecule has 146 valence electrons. The van der Waals surface area contributed by atoms with Crippen molar-refractivity contribution in [1.29, 1.82) is 0 Å². The summed E-state index contributed by atoms with van der Waals surface area (Å²) in [5.74, 6) is 1.50. The normalized spacial score (nSPS) is 10.6. The van der Waals surface area contributed by atoms with Gasteiger partial charge in [-0.3, -0.25) is 0 Å². The van der Waals surface area contributed by atoms with E-state index in [4.69, 9.17) is 44.6 Å². The molecule has 7 heteroatoms. The molecule has 0 unspecified atom stereocenters. The SMILES string of the molecule is COc1cc(C)ccc1NC(=S)N(Cc1ccco1)Cc1c(Cl)cccc1Cl. The Bertz CT molecular complexity index is 941. The second-order valence-electron chi connectivity index (χ2n) is 6.27. The Hall–Kier alpha value is -2.21. The molecule has 0 atom stereocenters. The molecule has 1 heterocycles. The van der Waals surface area contributed by atoms with Crippen LogP contribution in [0.25, 0.3) is 0 Å². The summed E-state index contributed by atoms with van der Waals surface area (Å²) in [6, 6.07) is 15.1. The molecule has 3 rings (SSSR count). The monoisotopic (exact) mass is 434 g/mol. The molecule has 0 aliphatic carbocycles. The minimum atomic E-state index is 0.430. The fourth-order valence-electron chi connectivity index (χ4n) is 2.76. The first-order valence-electron chi connectivity index (χ1n) is 8.63. The molecule has 0 fully saturated rings. The Morgan fingerprint density at radius 1 is 1.11 bits per heavy atom. The van der Waals surface area contributed by atoms with E-state index < -0.39 is 0 Å². The molecule has 0 spiro atoms. The molecular formula is C21H20Cl2N2O2S. The summed E-state index contributed by atoms with van der Waals surface area (Å²) in [7, 11) is 1.63. The third kappa shape index (κ3) is 4.98. The van der Waals surface area contributed by atoms with E-state index >= 15 is 0 Å². The molecule has 0 amide bonds. The largest absolute Gasteiger partial charge is 0.495 e. The average molecular weight is 435 g/mol. The van der Waals surface area contributed by atoms with Crippen LogP contribution in [0, 0.1) is 6.92 Å². The van der Waals surface area contributed by atoms with Crippen LogP contribution in [0.2, 0.25) is 10.0 Å². The molecule has 3 aromatic rings. The fraction of sp³-hybridized carbons (Fsp3) is 0.190. The maximum absolute atomic E-state index is 6.37. The summed E-state index contributed by atoms with van der Waals surface area (Å²) in [4.78, 5) is 1.94.